The Morgan fingerprint density at radius 1 is 1.16 bits per heavy atom. The lowest BCUT2D eigenvalue weighted by Crippen LogP contribution is -2.47. The van der Waals surface area contributed by atoms with Gasteiger partial charge in [-0.15, -0.1) is 13.2 Å². The van der Waals surface area contributed by atoms with Gasteiger partial charge in [0.1, 0.15) is 0 Å². The molecule has 4 unspecified atom stereocenters. The molecule has 0 bridgehead atoms. The lowest BCUT2D eigenvalue weighted by atomic mass is 9.78. The molecule has 9 heteroatoms. The van der Waals surface area contributed by atoms with Crippen molar-refractivity contribution in [2.75, 3.05) is 18.6 Å². The minimum atomic E-state index is -4.69. The van der Waals surface area contributed by atoms with Crippen LogP contribution in [0.1, 0.15) is 12.8 Å². The van der Waals surface area contributed by atoms with Crippen molar-refractivity contribution < 1.29 is 31.1 Å². The first-order valence-electron chi connectivity index (χ1n) is 5.84. The summed E-state index contributed by atoms with van der Waals surface area (Å²) in [6.45, 7) is 0. The van der Waals surface area contributed by atoms with Gasteiger partial charge in [0, 0.05) is 12.9 Å². The Labute approximate surface area is 113 Å². The number of methoxy groups -OCH3 is 1. The normalized spacial score (nSPS) is 38.7. The van der Waals surface area contributed by atoms with E-state index in [-0.39, 0.29) is 24.0 Å². The van der Waals surface area contributed by atoms with Gasteiger partial charge in [0.05, 0.1) is 18.0 Å². The van der Waals surface area contributed by atoms with Crippen LogP contribution >= 0.6 is 10.8 Å². The fourth-order valence-electron chi connectivity index (χ4n) is 2.74. The molecular formula is C10H15F3O4S2. The van der Waals surface area contributed by atoms with Crippen LogP contribution in [-0.2, 0) is 18.3 Å². The molecule has 0 aromatic carbocycles. The molecule has 4 atom stereocenters. The first-order valence-corrected chi connectivity index (χ1v) is 9.00. The maximum Gasteiger partial charge on any atom is 0.522 e. The van der Waals surface area contributed by atoms with Crippen molar-refractivity contribution in [2.45, 2.75) is 31.4 Å². The van der Waals surface area contributed by atoms with Crippen LogP contribution in [-0.4, -0.2) is 45.6 Å². The molecule has 19 heavy (non-hydrogen) atoms. The van der Waals surface area contributed by atoms with E-state index >= 15 is 0 Å². The predicted molar refractivity (Wildman–Crippen MR) is 64.2 cm³/mol. The summed E-state index contributed by atoms with van der Waals surface area (Å²) in [5, 5.41) is 0. The van der Waals surface area contributed by atoms with E-state index in [1.165, 1.54) is 7.11 Å². The van der Waals surface area contributed by atoms with E-state index in [0.717, 1.165) is 10.8 Å². The fourth-order valence-corrected chi connectivity index (χ4v) is 6.52. The van der Waals surface area contributed by atoms with Crippen molar-refractivity contribution in [2.24, 2.45) is 11.8 Å². The molecule has 0 N–H and O–H groups in total. The zero-order chi connectivity index (χ0) is 14.3. The van der Waals surface area contributed by atoms with Gasteiger partial charge >= 0.3 is 6.36 Å². The van der Waals surface area contributed by atoms with Gasteiger partial charge in [0.25, 0.3) is 0 Å². The monoisotopic (exact) mass is 320 g/mol. The highest BCUT2D eigenvalue weighted by atomic mass is 33.1. The van der Waals surface area contributed by atoms with Crippen LogP contribution in [0.5, 0.6) is 0 Å². The van der Waals surface area contributed by atoms with Gasteiger partial charge in [-0.25, -0.2) is 8.42 Å². The molecular weight excluding hydrogens is 305 g/mol. The highest BCUT2D eigenvalue weighted by molar-refractivity contribution is 8.72. The van der Waals surface area contributed by atoms with Crippen LogP contribution in [0.3, 0.4) is 0 Å². The molecule has 1 aliphatic heterocycles. The molecule has 2 fully saturated rings. The zero-order valence-corrected chi connectivity index (χ0v) is 11.9. The van der Waals surface area contributed by atoms with Crippen LogP contribution in [0.15, 0.2) is 0 Å². The summed E-state index contributed by atoms with van der Waals surface area (Å²) in [5.74, 6) is 0.152. The van der Waals surface area contributed by atoms with Gasteiger partial charge in [-0.1, -0.05) is 0 Å². The van der Waals surface area contributed by atoms with E-state index in [0.29, 0.717) is 12.2 Å². The topological polar surface area (TPSA) is 52.6 Å². The van der Waals surface area contributed by atoms with Crippen molar-refractivity contribution in [1.29, 1.82) is 0 Å². The molecule has 1 heterocycles. The second-order valence-corrected chi connectivity index (χ2v) is 9.13. The van der Waals surface area contributed by atoms with Crippen LogP contribution in [0.4, 0.5) is 13.2 Å². The Hall–Kier alpha value is 0.01000. The number of hydrogen-bond acceptors (Lipinski definition) is 5. The molecule has 1 aliphatic carbocycles. The van der Waals surface area contributed by atoms with Crippen molar-refractivity contribution in [1.82, 2.24) is 0 Å². The Morgan fingerprint density at radius 3 is 2.37 bits per heavy atom. The van der Waals surface area contributed by atoms with Gasteiger partial charge in [-0.2, -0.15) is 0 Å². The third-order valence-electron chi connectivity index (χ3n) is 3.62. The number of ether oxygens (including phenoxy) is 2. The molecule has 0 amide bonds. The standard InChI is InChI=1S/C10H15F3O4S2/c1-16-8-3-7-5-19(14,15)18-4-6(7)2-9(8)17-10(11,12)13/h6-9H,2-5H2,1H3. The summed E-state index contributed by atoms with van der Waals surface area (Å²) in [6, 6.07) is 0. The second kappa shape index (κ2) is 5.42. The molecule has 0 aromatic rings. The highest BCUT2D eigenvalue weighted by Gasteiger charge is 2.46. The van der Waals surface area contributed by atoms with Gasteiger partial charge in [-0.3, -0.25) is 4.74 Å². The molecule has 0 aromatic heterocycles. The molecule has 4 nitrogen and oxygen atoms in total. The third-order valence-corrected chi connectivity index (χ3v) is 7.27. The number of halogens is 3. The summed E-state index contributed by atoms with van der Waals surface area (Å²) in [7, 11) is -0.987. The summed E-state index contributed by atoms with van der Waals surface area (Å²) in [4.78, 5) is 0. The summed E-state index contributed by atoms with van der Waals surface area (Å²) in [6.07, 6.45) is -5.97. The van der Waals surface area contributed by atoms with Crippen molar-refractivity contribution in [3.8, 4) is 0 Å². The molecule has 2 rings (SSSR count). The van der Waals surface area contributed by atoms with E-state index in [2.05, 4.69) is 4.74 Å². The first-order chi connectivity index (χ1) is 8.70. The van der Waals surface area contributed by atoms with Gasteiger partial charge in [0.2, 0.25) is 8.87 Å². The van der Waals surface area contributed by atoms with Gasteiger partial charge in [0.15, 0.2) is 0 Å². The predicted octanol–water partition coefficient (Wildman–Crippen LogP) is 2.01. The maximum absolute atomic E-state index is 12.3. The highest BCUT2D eigenvalue weighted by Crippen LogP contribution is 2.43. The van der Waals surface area contributed by atoms with Crippen LogP contribution in [0, 0.1) is 11.8 Å². The third kappa shape index (κ3) is 3.99. The van der Waals surface area contributed by atoms with Crippen LogP contribution < -0.4 is 0 Å². The molecule has 112 valence electrons. The van der Waals surface area contributed by atoms with E-state index in [1.807, 2.05) is 0 Å². The lowest BCUT2D eigenvalue weighted by Gasteiger charge is -2.42. The second-order valence-electron chi connectivity index (χ2n) is 4.88. The summed E-state index contributed by atoms with van der Waals surface area (Å²) in [5.41, 5.74) is 0. The summed E-state index contributed by atoms with van der Waals surface area (Å²) < 4.78 is 69.1. The Morgan fingerprint density at radius 2 is 1.79 bits per heavy atom. The Balaban J connectivity index is 2.07. The largest absolute Gasteiger partial charge is 0.522 e. The van der Waals surface area contributed by atoms with E-state index in [9.17, 15) is 21.6 Å². The molecule has 0 radical (unpaired) electrons. The minimum Gasteiger partial charge on any atom is -0.379 e. The van der Waals surface area contributed by atoms with E-state index in [4.69, 9.17) is 4.74 Å². The van der Waals surface area contributed by atoms with Crippen LogP contribution in [0.25, 0.3) is 0 Å². The number of alkyl halides is 3. The van der Waals surface area contributed by atoms with E-state index in [1.54, 1.807) is 0 Å². The zero-order valence-electron chi connectivity index (χ0n) is 10.2. The quantitative estimate of drug-likeness (QED) is 0.729. The van der Waals surface area contributed by atoms with Gasteiger partial charge < -0.3 is 4.74 Å². The van der Waals surface area contributed by atoms with Crippen molar-refractivity contribution in [3.63, 3.8) is 0 Å². The number of fused-ring (bicyclic) bond motifs is 1. The lowest BCUT2D eigenvalue weighted by molar-refractivity contribution is -0.357. The van der Waals surface area contributed by atoms with Crippen LogP contribution in [0.2, 0.25) is 0 Å². The average Bonchev–Trinajstić information content (AvgIpc) is 2.26. The average molecular weight is 320 g/mol. The smallest absolute Gasteiger partial charge is 0.379 e. The molecule has 1 saturated heterocycles. The molecule has 2 aliphatic rings. The Kier molecular flexibility index (Phi) is 4.39. The SMILES string of the molecule is COC1CC2CS(=O)(=O)SCC2CC1OC(F)(F)F. The fraction of sp³-hybridized carbons (Fsp3) is 1.00. The summed E-state index contributed by atoms with van der Waals surface area (Å²) >= 11 is 0. The van der Waals surface area contributed by atoms with Crippen molar-refractivity contribution >= 4 is 19.7 Å². The first kappa shape index (κ1) is 15.4. The van der Waals surface area contributed by atoms with Gasteiger partial charge in [-0.05, 0) is 35.5 Å². The maximum atomic E-state index is 12.3. The minimum absolute atomic E-state index is 0.0148. The number of hydrogen-bond donors (Lipinski definition) is 0. The Bertz CT molecular complexity index is 423. The number of rotatable bonds is 2. The molecule has 0 spiro atoms. The van der Waals surface area contributed by atoms with Crippen molar-refractivity contribution in [3.05, 3.63) is 0 Å². The molecule has 1 saturated carbocycles. The van der Waals surface area contributed by atoms with E-state index < -0.39 is 27.4 Å².